The fourth-order valence-electron chi connectivity index (χ4n) is 8.67. The molecule has 0 unspecified atom stereocenters. The van der Waals surface area contributed by atoms with Crippen molar-refractivity contribution in [2.75, 3.05) is 4.90 Å². The van der Waals surface area contributed by atoms with Gasteiger partial charge in [-0.25, -0.2) is 0 Å². The lowest BCUT2D eigenvalue weighted by molar-refractivity contribution is 1.13. The number of hydrogen-bond acceptors (Lipinski definition) is 3. The molecule has 4 heteroatoms. The first-order chi connectivity index (χ1) is 28.8. The van der Waals surface area contributed by atoms with Crippen molar-refractivity contribution in [3.05, 3.63) is 219 Å². The van der Waals surface area contributed by atoms with Crippen LogP contribution in [0.5, 0.6) is 0 Å². The largest absolute Gasteiger partial charge is 0.309 e. The molecule has 58 heavy (non-hydrogen) atoms. The van der Waals surface area contributed by atoms with Gasteiger partial charge in [-0.3, -0.25) is 9.97 Å². The third-order valence-electron chi connectivity index (χ3n) is 11.3. The van der Waals surface area contributed by atoms with Crippen molar-refractivity contribution < 1.29 is 0 Å². The number of para-hydroxylation sites is 4. The summed E-state index contributed by atoms with van der Waals surface area (Å²) >= 11 is 0. The molecule has 0 spiro atoms. The highest BCUT2D eigenvalue weighted by atomic mass is 15.2. The molecular weight excluding hydrogens is 705 g/mol. The third-order valence-corrected chi connectivity index (χ3v) is 11.3. The molecule has 0 bridgehead atoms. The Bertz CT molecular complexity index is 3060. The number of nitrogens with zero attached hydrogens (tertiary/aromatic N) is 4. The van der Waals surface area contributed by atoms with Crippen LogP contribution in [0.4, 0.5) is 17.1 Å². The van der Waals surface area contributed by atoms with E-state index in [1.165, 1.54) is 33.3 Å². The molecule has 1 aliphatic heterocycles. The van der Waals surface area contributed by atoms with Crippen LogP contribution in [0.2, 0.25) is 0 Å². The van der Waals surface area contributed by atoms with E-state index in [1.807, 2.05) is 36.9 Å². The van der Waals surface area contributed by atoms with Gasteiger partial charge in [0.2, 0.25) is 0 Å². The van der Waals surface area contributed by atoms with Crippen LogP contribution in [0, 0.1) is 0 Å². The first-order valence-electron chi connectivity index (χ1n) is 19.6. The molecule has 1 aliphatic rings. The molecule has 10 aromatic rings. The summed E-state index contributed by atoms with van der Waals surface area (Å²) in [5.41, 5.74) is 19.5. The van der Waals surface area contributed by atoms with E-state index in [2.05, 4.69) is 201 Å². The Labute approximate surface area is 337 Å². The van der Waals surface area contributed by atoms with Gasteiger partial charge in [0.1, 0.15) is 0 Å². The zero-order valence-corrected chi connectivity index (χ0v) is 31.6. The summed E-state index contributed by atoms with van der Waals surface area (Å²) in [5.74, 6) is 0. The van der Waals surface area contributed by atoms with Crippen LogP contribution in [0.25, 0.3) is 83.5 Å². The summed E-state index contributed by atoms with van der Waals surface area (Å²) in [7, 11) is 0. The number of benzene rings is 7. The smallest absolute Gasteiger partial charge is 0.0641 e. The van der Waals surface area contributed by atoms with Gasteiger partial charge in [-0.2, -0.15) is 0 Å². The fourth-order valence-corrected chi connectivity index (χ4v) is 8.67. The van der Waals surface area contributed by atoms with Crippen molar-refractivity contribution in [3.63, 3.8) is 0 Å². The molecule has 272 valence electrons. The van der Waals surface area contributed by atoms with E-state index in [1.54, 1.807) is 0 Å². The van der Waals surface area contributed by atoms with Crippen molar-refractivity contribution in [1.82, 2.24) is 14.5 Å². The van der Waals surface area contributed by atoms with Gasteiger partial charge in [0, 0.05) is 69.4 Å². The number of rotatable bonds is 6. The van der Waals surface area contributed by atoms with E-state index in [4.69, 9.17) is 0 Å². The highest BCUT2D eigenvalue weighted by Gasteiger charge is 2.31. The Morgan fingerprint density at radius 1 is 0.345 bits per heavy atom. The van der Waals surface area contributed by atoms with Gasteiger partial charge >= 0.3 is 0 Å². The standard InChI is InChI=1S/C54H36N4/c1-2-19-45(20-3-1)58-51-26-8-5-23-48(51)53-47-22-4-7-25-50(47)57(52-27-9-6-24-49(52)54(53)58)46-21-11-16-39(34-46)37-14-10-15-38(30-37)42-31-43(40-17-12-28-55-35-40)33-44(32-42)41-18-13-29-56-36-41/h1-36H. The summed E-state index contributed by atoms with van der Waals surface area (Å²) in [6.07, 6.45) is 7.49. The van der Waals surface area contributed by atoms with E-state index in [0.717, 1.165) is 67.3 Å². The number of aromatic nitrogens is 3. The fraction of sp³-hybridized carbons (Fsp3) is 0. The second-order valence-corrected chi connectivity index (χ2v) is 14.7. The minimum absolute atomic E-state index is 1.08. The zero-order valence-electron chi connectivity index (χ0n) is 31.6. The maximum Gasteiger partial charge on any atom is 0.0641 e. The van der Waals surface area contributed by atoms with Crippen LogP contribution in [0.3, 0.4) is 0 Å². The van der Waals surface area contributed by atoms with E-state index < -0.39 is 0 Å². The van der Waals surface area contributed by atoms with Crippen molar-refractivity contribution in [3.8, 4) is 72.6 Å². The molecule has 0 saturated heterocycles. The van der Waals surface area contributed by atoms with Gasteiger partial charge in [-0.1, -0.05) is 115 Å². The lowest BCUT2D eigenvalue weighted by Crippen LogP contribution is -2.11. The summed E-state index contributed by atoms with van der Waals surface area (Å²) in [6, 6.07) is 70.1. The summed E-state index contributed by atoms with van der Waals surface area (Å²) in [6.45, 7) is 0. The van der Waals surface area contributed by atoms with Crippen LogP contribution >= 0.6 is 0 Å². The Morgan fingerprint density at radius 3 is 1.53 bits per heavy atom. The van der Waals surface area contributed by atoms with Crippen LogP contribution in [-0.4, -0.2) is 14.5 Å². The molecule has 0 radical (unpaired) electrons. The van der Waals surface area contributed by atoms with Gasteiger partial charge in [0.25, 0.3) is 0 Å². The van der Waals surface area contributed by atoms with Crippen molar-refractivity contribution in [1.29, 1.82) is 0 Å². The van der Waals surface area contributed by atoms with Crippen molar-refractivity contribution in [2.24, 2.45) is 0 Å². The SMILES string of the molecule is c1ccc(-n2c3c(c4ccccc42)-c2ccccc2N(c2cccc(-c4cccc(-c5cc(-c6cccnc6)cc(-c6cccnc6)c5)c4)c2)c2ccccc2-3)cc1. The lowest BCUT2D eigenvalue weighted by Gasteiger charge is -2.28. The Kier molecular flexibility index (Phi) is 8.11. The van der Waals surface area contributed by atoms with Crippen molar-refractivity contribution in [2.45, 2.75) is 0 Å². The number of fused-ring (bicyclic) bond motifs is 7. The first kappa shape index (κ1) is 33.5. The topological polar surface area (TPSA) is 34.0 Å². The Balaban J connectivity index is 1.07. The molecule has 0 aliphatic carbocycles. The molecule has 0 saturated carbocycles. The second kappa shape index (κ2) is 14.0. The van der Waals surface area contributed by atoms with Gasteiger partial charge in [-0.05, 0) is 112 Å². The van der Waals surface area contributed by atoms with E-state index >= 15 is 0 Å². The third kappa shape index (κ3) is 5.70. The minimum atomic E-state index is 1.08. The normalized spacial score (nSPS) is 11.8. The molecule has 4 nitrogen and oxygen atoms in total. The number of pyridine rings is 2. The molecule has 3 aromatic heterocycles. The van der Waals surface area contributed by atoms with Gasteiger partial charge < -0.3 is 9.47 Å². The Hall–Kier alpha value is -7.82. The average Bonchev–Trinajstić information content (AvgIpc) is 3.59. The predicted molar refractivity (Wildman–Crippen MR) is 240 cm³/mol. The van der Waals surface area contributed by atoms with Gasteiger partial charge in [0.15, 0.2) is 0 Å². The summed E-state index contributed by atoms with van der Waals surface area (Å²) in [4.78, 5) is 11.3. The molecule has 0 N–H and O–H groups in total. The van der Waals surface area contributed by atoms with E-state index in [9.17, 15) is 0 Å². The molecule has 4 heterocycles. The molecule has 7 aromatic carbocycles. The van der Waals surface area contributed by atoms with Crippen LogP contribution in [-0.2, 0) is 0 Å². The average molecular weight is 741 g/mol. The minimum Gasteiger partial charge on any atom is -0.309 e. The van der Waals surface area contributed by atoms with Crippen LogP contribution < -0.4 is 4.90 Å². The molecular formula is C54H36N4. The Morgan fingerprint density at radius 2 is 0.845 bits per heavy atom. The zero-order chi connectivity index (χ0) is 38.4. The van der Waals surface area contributed by atoms with Gasteiger partial charge in [-0.15, -0.1) is 0 Å². The lowest BCUT2D eigenvalue weighted by atomic mass is 9.93. The second-order valence-electron chi connectivity index (χ2n) is 14.7. The summed E-state index contributed by atoms with van der Waals surface area (Å²) < 4.78 is 2.44. The maximum atomic E-state index is 4.42. The highest BCUT2D eigenvalue weighted by Crippen LogP contribution is 2.54. The monoisotopic (exact) mass is 740 g/mol. The number of anilines is 3. The molecule has 11 rings (SSSR count). The molecule has 0 atom stereocenters. The van der Waals surface area contributed by atoms with Crippen LogP contribution in [0.15, 0.2) is 219 Å². The molecule has 0 fully saturated rings. The predicted octanol–water partition coefficient (Wildman–Crippen LogP) is 14.2. The number of hydrogen-bond donors (Lipinski definition) is 0. The highest BCUT2D eigenvalue weighted by molar-refractivity contribution is 6.13. The van der Waals surface area contributed by atoms with Crippen LogP contribution in [0.1, 0.15) is 0 Å². The molecule has 0 amide bonds. The van der Waals surface area contributed by atoms with E-state index in [-0.39, 0.29) is 0 Å². The van der Waals surface area contributed by atoms with E-state index in [0.29, 0.717) is 0 Å². The maximum absolute atomic E-state index is 4.42. The summed E-state index contributed by atoms with van der Waals surface area (Å²) in [5, 5.41) is 1.23. The first-order valence-corrected chi connectivity index (χ1v) is 19.6. The van der Waals surface area contributed by atoms with Crippen molar-refractivity contribution >= 4 is 28.0 Å². The van der Waals surface area contributed by atoms with Gasteiger partial charge in [0.05, 0.1) is 22.6 Å². The quantitative estimate of drug-likeness (QED) is 0.170.